The molecule has 1 aromatic rings. The molecule has 1 heterocycles. The van der Waals surface area contributed by atoms with E-state index in [-0.39, 0.29) is 0 Å². The quantitative estimate of drug-likeness (QED) is 0.858. The number of benzene rings is 1. The van der Waals surface area contributed by atoms with Crippen LogP contribution in [0.15, 0.2) is 27.6 Å². The van der Waals surface area contributed by atoms with E-state index in [9.17, 15) is 8.42 Å². The maximum absolute atomic E-state index is 12.2. The topological polar surface area (TPSA) is 58.2 Å². The Morgan fingerprint density at radius 1 is 1.47 bits per heavy atom. The molecule has 2 N–H and O–H groups in total. The fourth-order valence-corrected chi connectivity index (χ4v) is 4.14. The normalized spacial score (nSPS) is 19.8. The molecule has 0 radical (unpaired) electrons. The van der Waals surface area contributed by atoms with Gasteiger partial charge in [0.1, 0.15) is 0 Å². The summed E-state index contributed by atoms with van der Waals surface area (Å²) in [6, 6.07) is 5.74. The van der Waals surface area contributed by atoms with Crippen molar-refractivity contribution < 1.29 is 8.42 Å². The smallest absolute Gasteiger partial charge is 0.240 e. The number of halogens is 1. The van der Waals surface area contributed by atoms with Gasteiger partial charge in [0.2, 0.25) is 10.0 Å². The molecule has 1 atom stereocenters. The second-order valence-corrected chi connectivity index (χ2v) is 7.54. The van der Waals surface area contributed by atoms with Gasteiger partial charge in [-0.1, -0.05) is 22.0 Å². The van der Waals surface area contributed by atoms with E-state index in [1.807, 2.05) is 6.07 Å². The van der Waals surface area contributed by atoms with E-state index >= 15 is 0 Å². The molecule has 1 aliphatic heterocycles. The van der Waals surface area contributed by atoms with E-state index in [0.717, 1.165) is 29.4 Å². The van der Waals surface area contributed by atoms with E-state index in [1.54, 1.807) is 19.1 Å². The van der Waals surface area contributed by atoms with Gasteiger partial charge in [-0.25, -0.2) is 13.1 Å². The lowest BCUT2D eigenvalue weighted by Gasteiger charge is -2.12. The van der Waals surface area contributed by atoms with Gasteiger partial charge in [0.15, 0.2) is 0 Å². The van der Waals surface area contributed by atoms with Crippen molar-refractivity contribution in [1.29, 1.82) is 0 Å². The minimum atomic E-state index is -3.41. The molecule has 1 aromatic carbocycles. The molecule has 1 aliphatic rings. The molecule has 0 amide bonds. The standard InChI is InChI=1S/C13H19BrN2O2S/c1-10-4-5-11(14)9-13(10)19(17,18)16-8-6-12-3-2-7-15-12/h4-5,9,12,15-16H,2-3,6-8H2,1H3/t12-/m1/s1. The van der Waals surface area contributed by atoms with Crippen LogP contribution < -0.4 is 10.0 Å². The van der Waals surface area contributed by atoms with Crippen molar-refractivity contribution in [3.05, 3.63) is 28.2 Å². The number of hydrogen-bond donors (Lipinski definition) is 2. The van der Waals surface area contributed by atoms with Crippen molar-refractivity contribution in [2.24, 2.45) is 0 Å². The molecule has 0 spiro atoms. The van der Waals surface area contributed by atoms with Crippen LogP contribution in [0.3, 0.4) is 0 Å². The first-order valence-corrected chi connectivity index (χ1v) is 8.76. The van der Waals surface area contributed by atoms with Crippen molar-refractivity contribution in [1.82, 2.24) is 10.0 Å². The molecule has 4 nitrogen and oxygen atoms in total. The molecule has 19 heavy (non-hydrogen) atoms. The number of sulfonamides is 1. The molecular weight excluding hydrogens is 328 g/mol. The summed E-state index contributed by atoms with van der Waals surface area (Å²) in [7, 11) is -3.41. The van der Waals surface area contributed by atoms with Gasteiger partial charge in [0.05, 0.1) is 4.90 Å². The molecule has 0 unspecified atom stereocenters. The average Bonchev–Trinajstić information content (AvgIpc) is 2.85. The largest absolute Gasteiger partial charge is 0.314 e. The number of aryl methyl sites for hydroxylation is 1. The summed E-state index contributed by atoms with van der Waals surface area (Å²) < 4.78 is 27.9. The predicted molar refractivity (Wildman–Crippen MR) is 79.7 cm³/mol. The van der Waals surface area contributed by atoms with Gasteiger partial charge in [-0.3, -0.25) is 0 Å². The lowest BCUT2D eigenvalue weighted by molar-refractivity contribution is 0.539. The van der Waals surface area contributed by atoms with Gasteiger partial charge < -0.3 is 5.32 Å². The van der Waals surface area contributed by atoms with Crippen LogP contribution in [-0.2, 0) is 10.0 Å². The number of nitrogens with one attached hydrogen (secondary N) is 2. The molecule has 1 saturated heterocycles. The van der Waals surface area contributed by atoms with E-state index in [2.05, 4.69) is 26.0 Å². The predicted octanol–water partition coefficient (Wildman–Crippen LogP) is 2.18. The van der Waals surface area contributed by atoms with Crippen LogP contribution in [0, 0.1) is 6.92 Å². The molecule has 1 fully saturated rings. The van der Waals surface area contributed by atoms with E-state index in [0.29, 0.717) is 17.5 Å². The Balaban J connectivity index is 1.99. The Bertz CT molecular complexity index is 540. The lowest BCUT2D eigenvalue weighted by Crippen LogP contribution is -2.31. The summed E-state index contributed by atoms with van der Waals surface area (Å²) in [5.41, 5.74) is 0.759. The summed E-state index contributed by atoms with van der Waals surface area (Å²) >= 11 is 3.31. The SMILES string of the molecule is Cc1ccc(Br)cc1S(=O)(=O)NCC[C@H]1CCCN1. The van der Waals surface area contributed by atoms with Gasteiger partial charge in [0, 0.05) is 17.1 Å². The fraction of sp³-hybridized carbons (Fsp3) is 0.538. The van der Waals surface area contributed by atoms with E-state index < -0.39 is 10.0 Å². The van der Waals surface area contributed by atoms with Crippen LogP contribution >= 0.6 is 15.9 Å². The van der Waals surface area contributed by atoms with Gasteiger partial charge in [-0.05, 0) is 50.4 Å². The maximum atomic E-state index is 12.2. The Hall–Kier alpha value is -0.430. The van der Waals surface area contributed by atoms with Crippen LogP contribution in [0.25, 0.3) is 0 Å². The molecule has 2 rings (SSSR count). The highest BCUT2D eigenvalue weighted by Crippen LogP contribution is 2.20. The van der Waals surface area contributed by atoms with Gasteiger partial charge in [-0.2, -0.15) is 0 Å². The Labute approximate surface area is 123 Å². The summed E-state index contributed by atoms with van der Waals surface area (Å²) in [5.74, 6) is 0. The van der Waals surface area contributed by atoms with Crippen LogP contribution in [0.1, 0.15) is 24.8 Å². The second kappa shape index (κ2) is 6.35. The van der Waals surface area contributed by atoms with Crippen LogP contribution in [0.4, 0.5) is 0 Å². The number of rotatable bonds is 5. The molecule has 0 saturated carbocycles. The molecule has 0 aliphatic carbocycles. The molecule has 0 bridgehead atoms. The Morgan fingerprint density at radius 2 is 2.26 bits per heavy atom. The van der Waals surface area contributed by atoms with Crippen molar-refractivity contribution in [2.45, 2.75) is 37.1 Å². The van der Waals surface area contributed by atoms with Gasteiger partial charge in [-0.15, -0.1) is 0 Å². The van der Waals surface area contributed by atoms with Crippen molar-refractivity contribution in [3.63, 3.8) is 0 Å². The van der Waals surface area contributed by atoms with E-state index in [1.165, 1.54) is 6.42 Å². The van der Waals surface area contributed by atoms with Crippen molar-refractivity contribution >= 4 is 26.0 Å². The zero-order valence-corrected chi connectivity index (χ0v) is 13.4. The lowest BCUT2D eigenvalue weighted by atomic mass is 10.2. The number of hydrogen-bond acceptors (Lipinski definition) is 3. The zero-order valence-electron chi connectivity index (χ0n) is 10.9. The summed E-state index contributed by atoms with van der Waals surface area (Å²) in [5, 5.41) is 3.36. The summed E-state index contributed by atoms with van der Waals surface area (Å²) in [6.07, 6.45) is 3.16. The first-order chi connectivity index (χ1) is 8.99. The van der Waals surface area contributed by atoms with Crippen molar-refractivity contribution in [2.75, 3.05) is 13.1 Å². The zero-order chi connectivity index (χ0) is 13.9. The Morgan fingerprint density at radius 3 is 2.95 bits per heavy atom. The third-order valence-electron chi connectivity index (χ3n) is 3.39. The second-order valence-electron chi connectivity index (χ2n) is 4.89. The highest BCUT2D eigenvalue weighted by atomic mass is 79.9. The first-order valence-electron chi connectivity index (χ1n) is 6.48. The highest BCUT2D eigenvalue weighted by molar-refractivity contribution is 9.10. The Kier molecular flexibility index (Phi) is 5.00. The maximum Gasteiger partial charge on any atom is 0.240 e. The highest BCUT2D eigenvalue weighted by Gasteiger charge is 2.18. The summed E-state index contributed by atoms with van der Waals surface area (Å²) in [6.45, 7) is 3.33. The minimum Gasteiger partial charge on any atom is -0.314 e. The fourth-order valence-electron chi connectivity index (χ4n) is 2.31. The third kappa shape index (κ3) is 4.02. The molecule has 0 aromatic heterocycles. The monoisotopic (exact) mass is 346 g/mol. The van der Waals surface area contributed by atoms with Crippen LogP contribution in [0.5, 0.6) is 0 Å². The molecular formula is C13H19BrN2O2S. The third-order valence-corrected chi connectivity index (χ3v) is 5.48. The minimum absolute atomic E-state index is 0.348. The van der Waals surface area contributed by atoms with Crippen LogP contribution in [-0.4, -0.2) is 27.5 Å². The average molecular weight is 347 g/mol. The van der Waals surface area contributed by atoms with Crippen LogP contribution in [0.2, 0.25) is 0 Å². The molecule has 6 heteroatoms. The summed E-state index contributed by atoms with van der Waals surface area (Å²) in [4.78, 5) is 0.348. The molecule has 106 valence electrons. The van der Waals surface area contributed by atoms with Gasteiger partial charge in [0.25, 0.3) is 0 Å². The van der Waals surface area contributed by atoms with E-state index in [4.69, 9.17) is 0 Å². The first kappa shape index (κ1) is 15.0. The van der Waals surface area contributed by atoms with Crippen molar-refractivity contribution in [3.8, 4) is 0 Å². The van der Waals surface area contributed by atoms with Gasteiger partial charge >= 0.3 is 0 Å².